The lowest BCUT2D eigenvalue weighted by atomic mass is 9.92. The predicted octanol–water partition coefficient (Wildman–Crippen LogP) is 4.15. The van der Waals surface area contributed by atoms with E-state index in [1.165, 1.54) is 47.6 Å². The number of hydrogen-bond acceptors (Lipinski definition) is 7. The Morgan fingerprint density at radius 1 is 1.15 bits per heavy atom. The molecule has 3 heterocycles. The van der Waals surface area contributed by atoms with Gasteiger partial charge in [-0.05, 0) is 63.1 Å². The smallest absolute Gasteiger partial charge is 0.397 e. The van der Waals surface area contributed by atoms with Gasteiger partial charge >= 0.3 is 6.18 Å². The van der Waals surface area contributed by atoms with E-state index in [-0.39, 0.29) is 58.6 Å². The summed E-state index contributed by atoms with van der Waals surface area (Å²) in [6, 6.07) is 7.79. The molecule has 0 saturated carbocycles. The molecule has 1 atom stereocenters. The molecule has 0 aliphatic carbocycles. The third kappa shape index (κ3) is 5.98. The molecular weight excluding hydrogens is 532 g/mol. The molecule has 0 spiro atoms. The number of nitrogen functional groups attached to an aromatic ring is 1. The molecule has 5 N–H and O–H groups in total. The molecule has 212 valence electrons. The molecule has 2 aromatic heterocycles. The lowest BCUT2D eigenvalue weighted by Gasteiger charge is -2.41. The molecule has 1 aliphatic rings. The maximum absolute atomic E-state index is 14.7. The fourth-order valence-corrected chi connectivity index (χ4v) is 4.42. The molecule has 13 heteroatoms. The molecule has 9 nitrogen and oxygen atoms in total. The molecule has 2 amide bonds. The van der Waals surface area contributed by atoms with Crippen molar-refractivity contribution in [2.45, 2.75) is 44.5 Å². The van der Waals surface area contributed by atoms with Crippen LogP contribution in [0, 0.1) is 5.82 Å². The highest BCUT2D eigenvalue weighted by Gasteiger charge is 2.55. The Kier molecular flexibility index (Phi) is 7.96. The zero-order chi connectivity index (χ0) is 29.2. The second-order valence-corrected chi connectivity index (χ2v) is 9.86. The summed E-state index contributed by atoms with van der Waals surface area (Å²) in [6.07, 6.45) is -2.59. The molecule has 4 rings (SSSR count). The van der Waals surface area contributed by atoms with E-state index in [2.05, 4.69) is 20.6 Å². The zero-order valence-corrected chi connectivity index (χ0v) is 21.7. The van der Waals surface area contributed by atoms with Crippen LogP contribution in [0.15, 0.2) is 48.8 Å². The number of nitrogens with two attached hydrogens (primary N) is 1. The van der Waals surface area contributed by atoms with E-state index in [1.54, 1.807) is 13.8 Å². The van der Waals surface area contributed by atoms with Gasteiger partial charge in [-0.25, -0.2) is 9.37 Å². The number of nitrogens with one attached hydrogen (secondary N) is 2. The summed E-state index contributed by atoms with van der Waals surface area (Å²) in [4.78, 5) is 35.2. The summed E-state index contributed by atoms with van der Waals surface area (Å²) < 4.78 is 55.2. The number of β-amino-alcohol motifs (C(OH)–C–C–N with tert-alkyl or cyclic N) is 1. The lowest BCUT2D eigenvalue weighted by Crippen LogP contribution is -2.57. The summed E-state index contributed by atoms with van der Waals surface area (Å²) in [7, 11) is 0. The van der Waals surface area contributed by atoms with Crippen LogP contribution in [0.3, 0.4) is 0 Å². The van der Waals surface area contributed by atoms with Gasteiger partial charge in [0.25, 0.3) is 11.8 Å². The fourth-order valence-electron chi connectivity index (χ4n) is 4.42. The largest absolute Gasteiger partial charge is 0.418 e. The van der Waals surface area contributed by atoms with Gasteiger partial charge in [0.05, 0.1) is 35.5 Å². The maximum atomic E-state index is 14.7. The minimum atomic E-state index is -4.83. The number of benzene rings is 1. The van der Waals surface area contributed by atoms with Crippen LogP contribution in [0.5, 0.6) is 0 Å². The monoisotopic (exact) mass is 560 g/mol. The van der Waals surface area contributed by atoms with Gasteiger partial charge in [-0.3, -0.25) is 14.6 Å². The fraction of sp³-hybridized carbons (Fsp3) is 0.333. The lowest BCUT2D eigenvalue weighted by molar-refractivity contribution is -0.261. The number of pyridine rings is 2. The number of rotatable bonds is 6. The summed E-state index contributed by atoms with van der Waals surface area (Å²) >= 11 is 0. The highest BCUT2D eigenvalue weighted by Crippen LogP contribution is 2.40. The quantitative estimate of drug-likeness (QED) is 0.333. The first kappa shape index (κ1) is 28.7. The number of anilines is 3. The molecule has 1 saturated heterocycles. The average molecular weight is 561 g/mol. The summed E-state index contributed by atoms with van der Waals surface area (Å²) in [5.41, 5.74) is 3.27. The van der Waals surface area contributed by atoms with Gasteiger partial charge < -0.3 is 26.4 Å². The maximum Gasteiger partial charge on any atom is 0.418 e. The summed E-state index contributed by atoms with van der Waals surface area (Å²) in [6.45, 7) is 3.05. The van der Waals surface area contributed by atoms with Crippen LogP contribution in [-0.2, 0) is 0 Å². The molecular formula is C27H28F4N6O3. The van der Waals surface area contributed by atoms with Crippen LogP contribution in [0.4, 0.5) is 34.6 Å². The van der Waals surface area contributed by atoms with E-state index in [0.717, 1.165) is 6.07 Å². The van der Waals surface area contributed by atoms with Gasteiger partial charge in [0.2, 0.25) is 0 Å². The van der Waals surface area contributed by atoms with Crippen molar-refractivity contribution in [3.63, 3.8) is 0 Å². The van der Waals surface area contributed by atoms with E-state index >= 15 is 0 Å². The molecule has 1 unspecified atom stereocenters. The number of piperidine rings is 1. The summed E-state index contributed by atoms with van der Waals surface area (Å²) in [5, 5.41) is 15.5. The van der Waals surface area contributed by atoms with Gasteiger partial charge in [-0.2, -0.15) is 13.2 Å². The number of carbonyl (C=O) groups excluding carboxylic acids is 2. The molecule has 0 bridgehead atoms. The molecule has 0 radical (unpaired) electrons. The number of halogens is 4. The van der Waals surface area contributed by atoms with Crippen molar-refractivity contribution in [2.75, 3.05) is 29.0 Å². The number of amides is 2. The number of carbonyl (C=O) groups is 2. The Balaban J connectivity index is 1.62. The van der Waals surface area contributed by atoms with Crippen molar-refractivity contribution in [3.05, 3.63) is 65.9 Å². The second kappa shape index (κ2) is 11.1. The average Bonchev–Trinajstić information content (AvgIpc) is 2.88. The van der Waals surface area contributed by atoms with Crippen molar-refractivity contribution in [3.8, 4) is 11.3 Å². The van der Waals surface area contributed by atoms with Gasteiger partial charge in [0, 0.05) is 29.9 Å². The first-order valence-corrected chi connectivity index (χ1v) is 12.5. The standard InChI is InChI=1S/C27H28F4N6O3/c1-15(2)34-24(38)16-4-5-18(28)17(12-16)20-7-6-19(32)23(35-20)25(39)36-21-13-33-10-8-22(21)37-11-3-9-26(40,14-37)27(29,30)31/h4-8,10,12-13,15,40H,3,9,11,14,32H2,1-2H3,(H,34,38)(H,36,39). The number of aliphatic hydroxyl groups is 1. The predicted molar refractivity (Wildman–Crippen MR) is 141 cm³/mol. The van der Waals surface area contributed by atoms with E-state index in [9.17, 15) is 32.3 Å². The number of aromatic nitrogens is 2. The SMILES string of the molecule is CC(C)NC(=O)c1ccc(F)c(-c2ccc(N)c(C(=O)Nc3cnccc3N3CCCC(O)(C(F)(F)F)C3)n2)c1. The normalized spacial score (nSPS) is 17.6. The van der Waals surface area contributed by atoms with Crippen LogP contribution in [0.25, 0.3) is 11.3 Å². The second-order valence-electron chi connectivity index (χ2n) is 9.86. The highest BCUT2D eigenvalue weighted by molar-refractivity contribution is 6.08. The molecule has 3 aromatic rings. The van der Waals surface area contributed by atoms with Crippen LogP contribution >= 0.6 is 0 Å². The Morgan fingerprint density at radius 2 is 1.90 bits per heavy atom. The zero-order valence-electron chi connectivity index (χ0n) is 21.7. The van der Waals surface area contributed by atoms with Gasteiger partial charge in [0.1, 0.15) is 5.82 Å². The third-order valence-corrected chi connectivity index (χ3v) is 6.45. The number of hydrogen-bond donors (Lipinski definition) is 4. The Morgan fingerprint density at radius 3 is 2.60 bits per heavy atom. The minimum absolute atomic E-state index is 0.0349. The number of alkyl halides is 3. The third-order valence-electron chi connectivity index (χ3n) is 6.45. The minimum Gasteiger partial charge on any atom is -0.397 e. The van der Waals surface area contributed by atoms with Crippen molar-refractivity contribution < 1.29 is 32.3 Å². The Labute approximate surface area is 227 Å². The van der Waals surface area contributed by atoms with Crippen LogP contribution in [0.2, 0.25) is 0 Å². The van der Waals surface area contributed by atoms with Crippen molar-refractivity contribution in [2.24, 2.45) is 0 Å². The first-order chi connectivity index (χ1) is 18.8. The molecule has 1 fully saturated rings. The van der Waals surface area contributed by atoms with Crippen LogP contribution in [-0.4, -0.2) is 57.8 Å². The van der Waals surface area contributed by atoms with Gasteiger partial charge in [-0.15, -0.1) is 0 Å². The first-order valence-electron chi connectivity index (χ1n) is 12.5. The van der Waals surface area contributed by atoms with E-state index in [0.29, 0.717) is 0 Å². The molecule has 40 heavy (non-hydrogen) atoms. The van der Waals surface area contributed by atoms with Gasteiger partial charge in [0.15, 0.2) is 11.3 Å². The van der Waals surface area contributed by atoms with Crippen molar-refractivity contribution in [1.29, 1.82) is 0 Å². The molecule has 1 aliphatic heterocycles. The van der Waals surface area contributed by atoms with Crippen LogP contribution < -0.4 is 21.3 Å². The van der Waals surface area contributed by atoms with Crippen molar-refractivity contribution >= 4 is 28.9 Å². The highest BCUT2D eigenvalue weighted by atomic mass is 19.4. The summed E-state index contributed by atoms with van der Waals surface area (Å²) in [5.74, 6) is -1.91. The van der Waals surface area contributed by atoms with E-state index in [4.69, 9.17) is 5.73 Å². The van der Waals surface area contributed by atoms with E-state index in [1.807, 2.05) is 0 Å². The Bertz CT molecular complexity index is 1430. The number of nitrogens with zero attached hydrogens (tertiary/aromatic N) is 3. The van der Waals surface area contributed by atoms with E-state index < -0.39 is 42.4 Å². The van der Waals surface area contributed by atoms with Crippen molar-refractivity contribution in [1.82, 2.24) is 15.3 Å². The Hall–Kier alpha value is -4.26. The topological polar surface area (TPSA) is 133 Å². The van der Waals surface area contributed by atoms with Gasteiger partial charge in [-0.1, -0.05) is 0 Å². The molecule has 1 aromatic carbocycles. The van der Waals surface area contributed by atoms with Crippen LogP contribution in [0.1, 0.15) is 47.5 Å².